The number of anilines is 2. The topological polar surface area (TPSA) is 91.6 Å². The summed E-state index contributed by atoms with van der Waals surface area (Å²) in [6, 6.07) is 20.3. The van der Waals surface area contributed by atoms with Gasteiger partial charge in [-0.05, 0) is 60.7 Å². The Labute approximate surface area is 227 Å². The lowest BCUT2D eigenvalue weighted by molar-refractivity contribution is -0.113. The number of nitrogens with zero attached hydrogens (tertiary/aromatic N) is 4. The second kappa shape index (κ2) is 11.7. The number of rotatable bonds is 7. The van der Waals surface area contributed by atoms with Crippen molar-refractivity contribution in [1.29, 1.82) is 0 Å². The maximum atomic E-state index is 13.1. The maximum absolute atomic E-state index is 13.1. The first-order chi connectivity index (χ1) is 18.5. The second-order valence-corrected chi connectivity index (χ2v) is 9.86. The molecule has 11 heteroatoms. The molecule has 0 atom stereocenters. The fraction of sp³-hybridized carbons (Fsp3) is 0.185. The average molecular weight is 552 g/mol. The van der Waals surface area contributed by atoms with Gasteiger partial charge in [-0.25, -0.2) is 4.39 Å². The summed E-state index contributed by atoms with van der Waals surface area (Å²) in [7, 11) is 0. The molecule has 2 amide bonds. The molecule has 0 unspecified atom stereocenters. The van der Waals surface area contributed by atoms with Crippen molar-refractivity contribution >= 4 is 46.6 Å². The molecular formula is C27H23ClFN5O3S. The summed E-state index contributed by atoms with van der Waals surface area (Å²) in [6.45, 7) is 2.49. The number of nitrogens with one attached hydrogen (secondary N) is 1. The molecule has 0 aliphatic carbocycles. The van der Waals surface area contributed by atoms with Gasteiger partial charge >= 0.3 is 0 Å². The zero-order valence-corrected chi connectivity index (χ0v) is 21.7. The van der Waals surface area contributed by atoms with Gasteiger partial charge in [0.25, 0.3) is 11.1 Å². The van der Waals surface area contributed by atoms with E-state index in [0.717, 1.165) is 17.4 Å². The molecule has 0 bridgehead atoms. The number of aromatic nitrogens is 2. The lowest BCUT2D eigenvalue weighted by atomic mass is 10.1. The van der Waals surface area contributed by atoms with Crippen molar-refractivity contribution in [2.45, 2.75) is 5.22 Å². The number of halogens is 2. The number of hydrogen-bond acceptors (Lipinski definition) is 7. The summed E-state index contributed by atoms with van der Waals surface area (Å²) >= 11 is 7.31. The van der Waals surface area contributed by atoms with Crippen LogP contribution in [-0.4, -0.2) is 58.8 Å². The van der Waals surface area contributed by atoms with Crippen LogP contribution in [0.4, 0.5) is 15.8 Å². The highest BCUT2D eigenvalue weighted by atomic mass is 35.5. The summed E-state index contributed by atoms with van der Waals surface area (Å²) in [4.78, 5) is 29.0. The normalized spacial score (nSPS) is 13.4. The van der Waals surface area contributed by atoms with E-state index >= 15 is 0 Å². The van der Waals surface area contributed by atoms with Gasteiger partial charge in [-0.1, -0.05) is 35.5 Å². The Kier molecular flexibility index (Phi) is 7.90. The van der Waals surface area contributed by atoms with Gasteiger partial charge in [-0.2, -0.15) is 0 Å². The first-order valence-corrected chi connectivity index (χ1v) is 13.2. The molecule has 0 saturated carbocycles. The fourth-order valence-corrected chi connectivity index (χ4v) is 4.81. The Balaban J connectivity index is 1.09. The molecule has 1 fully saturated rings. The van der Waals surface area contributed by atoms with E-state index in [4.69, 9.17) is 16.0 Å². The van der Waals surface area contributed by atoms with E-state index in [1.807, 2.05) is 36.4 Å². The van der Waals surface area contributed by atoms with Crippen LogP contribution >= 0.6 is 23.4 Å². The highest BCUT2D eigenvalue weighted by Crippen LogP contribution is 2.29. The largest absolute Gasteiger partial charge is 0.411 e. The zero-order valence-electron chi connectivity index (χ0n) is 20.1. The van der Waals surface area contributed by atoms with Crippen LogP contribution in [0.2, 0.25) is 5.02 Å². The molecule has 1 saturated heterocycles. The summed E-state index contributed by atoms with van der Waals surface area (Å²) in [6.07, 6.45) is 0. The summed E-state index contributed by atoms with van der Waals surface area (Å²) in [5.74, 6) is -0.250. The van der Waals surface area contributed by atoms with E-state index in [2.05, 4.69) is 20.4 Å². The van der Waals surface area contributed by atoms with Gasteiger partial charge in [0.05, 0.1) is 16.3 Å². The Hall–Kier alpha value is -3.89. The molecule has 8 nitrogen and oxygen atoms in total. The third kappa shape index (κ3) is 6.15. The molecule has 194 valence electrons. The number of piperazine rings is 1. The number of hydrogen-bond donors (Lipinski definition) is 1. The summed E-state index contributed by atoms with van der Waals surface area (Å²) < 4.78 is 18.8. The minimum Gasteiger partial charge on any atom is -0.411 e. The van der Waals surface area contributed by atoms with Crippen LogP contribution in [0.1, 0.15) is 10.4 Å². The average Bonchev–Trinajstić information content (AvgIpc) is 3.42. The first-order valence-electron chi connectivity index (χ1n) is 11.9. The predicted octanol–water partition coefficient (Wildman–Crippen LogP) is 5.22. The third-order valence-electron chi connectivity index (χ3n) is 6.01. The van der Waals surface area contributed by atoms with E-state index < -0.39 is 0 Å². The minimum absolute atomic E-state index is 0.0961. The van der Waals surface area contributed by atoms with E-state index in [9.17, 15) is 14.0 Å². The highest BCUT2D eigenvalue weighted by molar-refractivity contribution is 7.99. The number of amides is 2. The highest BCUT2D eigenvalue weighted by Gasteiger charge is 2.22. The van der Waals surface area contributed by atoms with Crippen molar-refractivity contribution in [2.75, 3.05) is 42.1 Å². The minimum atomic E-state index is -0.361. The standard InChI is InChI=1S/C27H23ClFN5O3S/c28-23-4-2-1-3-22(23)25-31-32-27(37-25)38-17-24(35)30-20-9-11-21(12-10-20)33-13-15-34(16-14-33)26(36)18-5-7-19(29)8-6-18/h1-12H,13-17H2,(H,30,35). The van der Waals surface area contributed by atoms with Gasteiger partial charge in [0.2, 0.25) is 11.8 Å². The fourth-order valence-electron chi connectivity index (χ4n) is 4.03. The van der Waals surface area contributed by atoms with E-state index in [1.165, 1.54) is 24.3 Å². The third-order valence-corrected chi connectivity index (χ3v) is 7.16. The quantitative estimate of drug-likeness (QED) is 0.315. The molecule has 5 rings (SSSR count). The van der Waals surface area contributed by atoms with Crippen LogP contribution in [0, 0.1) is 5.82 Å². The van der Waals surface area contributed by atoms with Crippen LogP contribution < -0.4 is 10.2 Å². The van der Waals surface area contributed by atoms with Gasteiger partial charge in [0, 0.05) is 43.1 Å². The molecule has 0 radical (unpaired) electrons. The maximum Gasteiger partial charge on any atom is 0.277 e. The van der Waals surface area contributed by atoms with Gasteiger partial charge in [-0.3, -0.25) is 9.59 Å². The first kappa shape index (κ1) is 25.7. The Morgan fingerprint density at radius 2 is 1.66 bits per heavy atom. The van der Waals surface area contributed by atoms with Gasteiger partial charge in [0.15, 0.2) is 0 Å². The van der Waals surface area contributed by atoms with Crippen molar-refractivity contribution in [1.82, 2.24) is 15.1 Å². The lowest BCUT2D eigenvalue weighted by Crippen LogP contribution is -2.48. The Morgan fingerprint density at radius 1 is 0.947 bits per heavy atom. The summed E-state index contributed by atoms with van der Waals surface area (Å²) in [5.41, 5.74) is 2.80. The Morgan fingerprint density at radius 3 is 2.37 bits per heavy atom. The van der Waals surface area contributed by atoms with Crippen molar-refractivity contribution in [3.05, 3.63) is 89.2 Å². The predicted molar refractivity (Wildman–Crippen MR) is 145 cm³/mol. The molecule has 3 aromatic carbocycles. The van der Waals surface area contributed by atoms with Gasteiger partial charge < -0.3 is 19.5 Å². The molecule has 1 aromatic heterocycles. The van der Waals surface area contributed by atoms with E-state index in [-0.39, 0.29) is 28.6 Å². The SMILES string of the molecule is O=C(CSc1nnc(-c2ccccc2Cl)o1)Nc1ccc(N2CCN(C(=O)c3ccc(F)cc3)CC2)cc1. The second-order valence-electron chi connectivity index (χ2n) is 8.52. The molecular weight excluding hydrogens is 529 g/mol. The number of carbonyl (C=O) groups excluding carboxylic acids is 2. The molecule has 38 heavy (non-hydrogen) atoms. The van der Waals surface area contributed by atoms with E-state index in [0.29, 0.717) is 53.9 Å². The van der Waals surface area contributed by atoms with Crippen LogP contribution in [-0.2, 0) is 4.79 Å². The lowest BCUT2D eigenvalue weighted by Gasteiger charge is -2.36. The van der Waals surface area contributed by atoms with Crippen LogP contribution in [0.5, 0.6) is 0 Å². The van der Waals surface area contributed by atoms with Crippen LogP contribution in [0.3, 0.4) is 0 Å². The molecule has 2 heterocycles. The van der Waals surface area contributed by atoms with Crippen LogP contribution in [0.15, 0.2) is 82.4 Å². The molecule has 1 N–H and O–H groups in total. The van der Waals surface area contributed by atoms with Gasteiger partial charge in [-0.15, -0.1) is 10.2 Å². The van der Waals surface area contributed by atoms with Crippen molar-refractivity contribution < 1.29 is 18.4 Å². The van der Waals surface area contributed by atoms with E-state index in [1.54, 1.807) is 17.0 Å². The smallest absolute Gasteiger partial charge is 0.277 e. The molecule has 4 aromatic rings. The Bertz CT molecular complexity index is 1420. The van der Waals surface area contributed by atoms with Crippen molar-refractivity contribution in [3.63, 3.8) is 0 Å². The molecule has 0 spiro atoms. The summed E-state index contributed by atoms with van der Waals surface area (Å²) in [5, 5.41) is 11.6. The van der Waals surface area contributed by atoms with Crippen LogP contribution in [0.25, 0.3) is 11.5 Å². The number of benzene rings is 3. The van der Waals surface area contributed by atoms with Crippen molar-refractivity contribution in [3.8, 4) is 11.5 Å². The molecule has 1 aliphatic rings. The van der Waals surface area contributed by atoms with Gasteiger partial charge in [0.1, 0.15) is 5.82 Å². The molecule has 1 aliphatic heterocycles. The zero-order chi connectivity index (χ0) is 26.5. The number of carbonyl (C=O) groups is 2. The van der Waals surface area contributed by atoms with Crippen molar-refractivity contribution in [2.24, 2.45) is 0 Å². The number of thioether (sulfide) groups is 1. The monoisotopic (exact) mass is 551 g/mol.